The van der Waals surface area contributed by atoms with Gasteiger partial charge in [-0.3, -0.25) is 4.79 Å². The van der Waals surface area contributed by atoms with Gasteiger partial charge >= 0.3 is 6.01 Å². The lowest BCUT2D eigenvalue weighted by molar-refractivity contribution is 0.102. The molecular formula is C23H21N5O4. The van der Waals surface area contributed by atoms with Gasteiger partial charge in [0.25, 0.3) is 5.91 Å². The van der Waals surface area contributed by atoms with Gasteiger partial charge in [0.05, 0.1) is 19.4 Å². The van der Waals surface area contributed by atoms with Crippen molar-refractivity contribution in [3.8, 4) is 34.4 Å². The molecule has 3 aromatic heterocycles. The molecule has 0 radical (unpaired) electrons. The third-order valence-electron chi connectivity index (χ3n) is 4.64. The summed E-state index contributed by atoms with van der Waals surface area (Å²) in [5, 5.41) is 6.90. The summed E-state index contributed by atoms with van der Waals surface area (Å²) >= 11 is 0. The van der Waals surface area contributed by atoms with E-state index in [1.54, 1.807) is 31.5 Å². The number of hydrogen-bond donors (Lipinski definition) is 1. The number of hydrogen-bond acceptors (Lipinski definition) is 8. The van der Waals surface area contributed by atoms with Gasteiger partial charge in [-0.25, -0.2) is 15.0 Å². The van der Waals surface area contributed by atoms with Gasteiger partial charge in [-0.15, -0.1) is 0 Å². The standard InChI is InChI=1S/C23H21N5O4/c1-4-31-23-24-12-16(13-25-23)17-10-11-18(22(27-17)30-3)26-21(29)19-14(2)32-28-20(19)15-8-6-5-7-9-15/h5-13H,4H2,1-3H3,(H,26,29). The molecule has 0 bridgehead atoms. The highest BCUT2D eigenvalue weighted by Gasteiger charge is 2.23. The summed E-state index contributed by atoms with van der Waals surface area (Å²) in [5.74, 6) is 0.288. The number of rotatable bonds is 7. The lowest BCUT2D eigenvalue weighted by Gasteiger charge is -2.11. The zero-order chi connectivity index (χ0) is 22.5. The fourth-order valence-corrected chi connectivity index (χ4v) is 3.12. The third-order valence-corrected chi connectivity index (χ3v) is 4.64. The molecule has 0 saturated carbocycles. The number of nitrogens with one attached hydrogen (secondary N) is 1. The van der Waals surface area contributed by atoms with Gasteiger partial charge < -0.3 is 19.3 Å². The zero-order valence-electron chi connectivity index (χ0n) is 17.8. The molecule has 32 heavy (non-hydrogen) atoms. The average Bonchev–Trinajstić information content (AvgIpc) is 3.22. The molecule has 9 heteroatoms. The van der Waals surface area contributed by atoms with E-state index in [0.29, 0.717) is 46.6 Å². The molecule has 9 nitrogen and oxygen atoms in total. The first-order valence-electron chi connectivity index (χ1n) is 9.94. The number of aromatic nitrogens is 4. The number of benzene rings is 1. The fraction of sp³-hybridized carbons (Fsp3) is 0.174. The van der Waals surface area contributed by atoms with E-state index in [-0.39, 0.29) is 11.8 Å². The minimum Gasteiger partial charge on any atom is -0.479 e. The number of ether oxygens (including phenoxy) is 2. The average molecular weight is 431 g/mol. The van der Waals surface area contributed by atoms with Gasteiger partial charge in [-0.05, 0) is 26.0 Å². The summed E-state index contributed by atoms with van der Waals surface area (Å²) < 4.78 is 16.0. The Labute approximate surface area is 184 Å². The van der Waals surface area contributed by atoms with Crippen LogP contribution >= 0.6 is 0 Å². The smallest absolute Gasteiger partial charge is 0.316 e. The predicted molar refractivity (Wildman–Crippen MR) is 118 cm³/mol. The minimum absolute atomic E-state index is 0.250. The molecule has 1 N–H and O–H groups in total. The maximum absolute atomic E-state index is 13.1. The van der Waals surface area contributed by atoms with Gasteiger partial charge in [0, 0.05) is 23.5 Å². The van der Waals surface area contributed by atoms with Gasteiger partial charge in [0.15, 0.2) is 0 Å². The number of nitrogens with zero attached hydrogens (tertiary/aromatic N) is 4. The van der Waals surface area contributed by atoms with E-state index < -0.39 is 0 Å². The monoisotopic (exact) mass is 431 g/mol. The molecule has 1 aromatic carbocycles. The molecule has 0 spiro atoms. The maximum Gasteiger partial charge on any atom is 0.316 e. The molecule has 0 unspecified atom stereocenters. The Morgan fingerprint density at radius 1 is 1.06 bits per heavy atom. The van der Waals surface area contributed by atoms with E-state index in [1.165, 1.54) is 7.11 Å². The van der Waals surface area contributed by atoms with Gasteiger partial charge in [0.2, 0.25) is 5.88 Å². The largest absolute Gasteiger partial charge is 0.479 e. The number of carbonyl (C=O) groups is 1. The van der Waals surface area contributed by atoms with Crippen LogP contribution in [0.3, 0.4) is 0 Å². The highest BCUT2D eigenvalue weighted by atomic mass is 16.5. The van der Waals surface area contributed by atoms with Crippen LogP contribution in [-0.4, -0.2) is 39.7 Å². The first-order chi connectivity index (χ1) is 15.6. The molecule has 0 aliphatic heterocycles. The summed E-state index contributed by atoms with van der Waals surface area (Å²) in [4.78, 5) is 25.9. The molecule has 0 fully saturated rings. The second kappa shape index (κ2) is 9.25. The number of aryl methyl sites for hydroxylation is 1. The van der Waals surface area contributed by atoms with E-state index >= 15 is 0 Å². The Kier molecular flexibility index (Phi) is 6.07. The number of anilines is 1. The molecule has 4 rings (SSSR count). The fourth-order valence-electron chi connectivity index (χ4n) is 3.12. The Balaban J connectivity index is 1.60. The summed E-state index contributed by atoms with van der Waals surface area (Å²) in [6.07, 6.45) is 3.23. The quantitative estimate of drug-likeness (QED) is 0.464. The lowest BCUT2D eigenvalue weighted by atomic mass is 10.1. The van der Waals surface area contributed by atoms with Crippen LogP contribution in [0.4, 0.5) is 5.69 Å². The highest BCUT2D eigenvalue weighted by Crippen LogP contribution is 2.30. The highest BCUT2D eigenvalue weighted by molar-refractivity contribution is 6.09. The van der Waals surface area contributed by atoms with Crippen molar-refractivity contribution in [1.29, 1.82) is 0 Å². The van der Waals surface area contributed by atoms with Gasteiger partial charge in [0.1, 0.15) is 22.7 Å². The Morgan fingerprint density at radius 2 is 1.81 bits per heavy atom. The topological polar surface area (TPSA) is 112 Å². The van der Waals surface area contributed by atoms with Crippen molar-refractivity contribution in [2.24, 2.45) is 0 Å². The normalized spacial score (nSPS) is 10.6. The van der Waals surface area contributed by atoms with Crippen LogP contribution in [0.15, 0.2) is 59.4 Å². The predicted octanol–water partition coefficient (Wildman–Crippen LogP) is 4.16. The molecular weight excluding hydrogens is 410 g/mol. The SMILES string of the molecule is CCOc1ncc(-c2ccc(NC(=O)c3c(-c4ccccc4)noc3C)c(OC)n2)cn1. The van der Waals surface area contributed by atoms with E-state index in [2.05, 4.69) is 25.4 Å². The molecule has 0 atom stereocenters. The van der Waals surface area contributed by atoms with Crippen LogP contribution in [0.1, 0.15) is 23.0 Å². The number of pyridine rings is 1. The minimum atomic E-state index is -0.375. The second-order valence-corrected chi connectivity index (χ2v) is 6.72. The van der Waals surface area contributed by atoms with Crippen LogP contribution in [-0.2, 0) is 0 Å². The number of carbonyl (C=O) groups excluding carboxylic acids is 1. The van der Waals surface area contributed by atoms with Gasteiger partial charge in [-0.1, -0.05) is 35.5 Å². The van der Waals surface area contributed by atoms with Crippen molar-refractivity contribution in [2.45, 2.75) is 13.8 Å². The van der Waals surface area contributed by atoms with Crippen LogP contribution in [0, 0.1) is 6.92 Å². The van der Waals surface area contributed by atoms with Crippen molar-refractivity contribution in [3.63, 3.8) is 0 Å². The molecule has 0 aliphatic rings. The second-order valence-electron chi connectivity index (χ2n) is 6.72. The van der Waals surface area contributed by atoms with E-state index in [0.717, 1.165) is 5.56 Å². The lowest BCUT2D eigenvalue weighted by Crippen LogP contribution is -2.14. The molecule has 4 aromatic rings. The molecule has 3 heterocycles. The van der Waals surface area contributed by atoms with Crippen molar-refractivity contribution in [1.82, 2.24) is 20.1 Å². The first kappa shape index (κ1) is 21.0. The van der Waals surface area contributed by atoms with E-state index in [1.807, 2.05) is 37.3 Å². The Morgan fingerprint density at radius 3 is 2.50 bits per heavy atom. The van der Waals surface area contributed by atoms with Crippen LogP contribution < -0.4 is 14.8 Å². The Hall–Kier alpha value is -4.27. The maximum atomic E-state index is 13.1. The molecule has 0 saturated heterocycles. The van der Waals surface area contributed by atoms with E-state index in [4.69, 9.17) is 14.0 Å². The van der Waals surface area contributed by atoms with Crippen LogP contribution in [0.25, 0.3) is 22.5 Å². The molecule has 1 amide bonds. The summed E-state index contributed by atoms with van der Waals surface area (Å²) in [5.41, 5.74) is 3.29. The van der Waals surface area contributed by atoms with Gasteiger partial charge in [-0.2, -0.15) is 0 Å². The third kappa shape index (κ3) is 4.27. The summed E-state index contributed by atoms with van der Waals surface area (Å²) in [7, 11) is 1.48. The van der Waals surface area contributed by atoms with Crippen molar-refractivity contribution in [3.05, 3.63) is 66.2 Å². The van der Waals surface area contributed by atoms with Crippen molar-refractivity contribution < 1.29 is 18.8 Å². The van der Waals surface area contributed by atoms with Crippen molar-refractivity contribution >= 4 is 11.6 Å². The van der Waals surface area contributed by atoms with Crippen LogP contribution in [0.5, 0.6) is 11.9 Å². The number of methoxy groups -OCH3 is 1. The zero-order valence-corrected chi connectivity index (χ0v) is 17.8. The summed E-state index contributed by atoms with van der Waals surface area (Å²) in [6, 6.07) is 13.1. The number of amides is 1. The molecule has 0 aliphatic carbocycles. The summed E-state index contributed by atoms with van der Waals surface area (Å²) in [6.45, 7) is 4.04. The molecule has 162 valence electrons. The van der Waals surface area contributed by atoms with E-state index in [9.17, 15) is 4.79 Å². The Bertz CT molecular complexity index is 1220. The van der Waals surface area contributed by atoms with Crippen molar-refractivity contribution in [2.75, 3.05) is 19.0 Å². The van der Waals surface area contributed by atoms with Crippen LogP contribution in [0.2, 0.25) is 0 Å². The first-order valence-corrected chi connectivity index (χ1v) is 9.94.